The molecular formula is C22H32N8O2. The van der Waals surface area contributed by atoms with Crippen molar-refractivity contribution in [2.75, 3.05) is 53.6 Å². The highest BCUT2D eigenvalue weighted by Gasteiger charge is 2.19. The summed E-state index contributed by atoms with van der Waals surface area (Å²) in [5.41, 5.74) is 1.52. The van der Waals surface area contributed by atoms with Gasteiger partial charge < -0.3 is 25.8 Å². The summed E-state index contributed by atoms with van der Waals surface area (Å²) in [6.45, 7) is 9.41. The zero-order valence-corrected chi connectivity index (χ0v) is 19.0. The van der Waals surface area contributed by atoms with Gasteiger partial charge in [0.2, 0.25) is 29.7 Å². The van der Waals surface area contributed by atoms with Crippen LogP contribution in [-0.4, -0.2) is 64.4 Å². The first-order valence-corrected chi connectivity index (χ1v) is 11.2. The molecule has 0 saturated carbocycles. The van der Waals surface area contributed by atoms with E-state index < -0.39 is 0 Å². The summed E-state index contributed by atoms with van der Waals surface area (Å²) in [5, 5.41) is 9.23. The van der Waals surface area contributed by atoms with Crippen molar-refractivity contribution < 1.29 is 9.59 Å². The summed E-state index contributed by atoms with van der Waals surface area (Å²) in [7, 11) is 0. The van der Waals surface area contributed by atoms with Gasteiger partial charge in [0.05, 0.1) is 0 Å². The van der Waals surface area contributed by atoms with Crippen LogP contribution in [0.1, 0.15) is 40.0 Å². The molecule has 0 aliphatic carbocycles. The van der Waals surface area contributed by atoms with E-state index in [2.05, 4.69) is 49.6 Å². The van der Waals surface area contributed by atoms with Crippen LogP contribution >= 0.6 is 0 Å². The zero-order valence-electron chi connectivity index (χ0n) is 19.0. The molecule has 32 heavy (non-hydrogen) atoms. The molecule has 2 amide bonds. The standard InChI is InChI=1S/C22H32N8O2/c1-4-29(5-2)22-27-20(23-13-7-15-30-14-6-8-19(30)32)26-21(28-22)25-18-11-9-17(10-12-18)24-16(3)31/h9-12H,4-8,13-15H2,1-3H3,(H,24,31)(H2,23,25,26,27,28). The minimum absolute atomic E-state index is 0.114. The smallest absolute Gasteiger partial charge is 0.233 e. The Bertz CT molecular complexity index is 915. The third-order valence-electron chi connectivity index (χ3n) is 5.19. The molecule has 2 aromatic rings. The lowest BCUT2D eigenvalue weighted by Gasteiger charge is -2.20. The molecule has 10 nitrogen and oxygen atoms in total. The number of nitrogens with one attached hydrogen (secondary N) is 3. The van der Waals surface area contributed by atoms with Crippen LogP contribution in [0.2, 0.25) is 0 Å². The maximum atomic E-state index is 11.8. The van der Waals surface area contributed by atoms with Crippen molar-refractivity contribution in [2.45, 2.75) is 40.0 Å². The van der Waals surface area contributed by atoms with Crippen LogP contribution in [0.4, 0.5) is 29.2 Å². The van der Waals surface area contributed by atoms with Gasteiger partial charge in [-0.3, -0.25) is 9.59 Å². The fourth-order valence-corrected chi connectivity index (χ4v) is 3.53. The Balaban J connectivity index is 1.68. The first kappa shape index (κ1) is 23.2. The monoisotopic (exact) mass is 440 g/mol. The predicted octanol–water partition coefficient (Wildman–Crippen LogP) is 2.84. The van der Waals surface area contributed by atoms with Gasteiger partial charge in [-0.2, -0.15) is 15.0 Å². The van der Waals surface area contributed by atoms with E-state index in [4.69, 9.17) is 0 Å². The molecular weight excluding hydrogens is 408 g/mol. The Hall–Kier alpha value is -3.43. The van der Waals surface area contributed by atoms with E-state index in [1.165, 1.54) is 6.92 Å². The van der Waals surface area contributed by atoms with Crippen LogP contribution < -0.4 is 20.9 Å². The summed E-state index contributed by atoms with van der Waals surface area (Å²) < 4.78 is 0. The number of benzene rings is 1. The van der Waals surface area contributed by atoms with Crippen LogP contribution in [0, 0.1) is 0 Å². The molecule has 1 saturated heterocycles. The van der Waals surface area contributed by atoms with Crippen molar-refractivity contribution in [3.8, 4) is 0 Å². The second kappa shape index (κ2) is 11.3. The summed E-state index contributed by atoms with van der Waals surface area (Å²) in [5.74, 6) is 1.65. The molecule has 1 aliphatic heterocycles. The van der Waals surface area contributed by atoms with Crippen LogP contribution in [0.15, 0.2) is 24.3 Å². The highest BCUT2D eigenvalue weighted by molar-refractivity contribution is 5.88. The quantitative estimate of drug-likeness (QED) is 0.457. The second-order valence-electron chi connectivity index (χ2n) is 7.60. The van der Waals surface area contributed by atoms with Gasteiger partial charge in [-0.1, -0.05) is 0 Å². The van der Waals surface area contributed by atoms with Crippen LogP contribution in [-0.2, 0) is 9.59 Å². The number of carbonyl (C=O) groups is 2. The van der Waals surface area contributed by atoms with Gasteiger partial charge in [0.1, 0.15) is 0 Å². The van der Waals surface area contributed by atoms with Crippen molar-refractivity contribution in [1.29, 1.82) is 0 Å². The van der Waals surface area contributed by atoms with E-state index in [1.54, 1.807) is 0 Å². The van der Waals surface area contributed by atoms with E-state index in [-0.39, 0.29) is 11.8 Å². The van der Waals surface area contributed by atoms with Crippen molar-refractivity contribution in [3.63, 3.8) is 0 Å². The Morgan fingerprint density at radius 2 is 1.75 bits per heavy atom. The fourth-order valence-electron chi connectivity index (χ4n) is 3.53. The number of carbonyl (C=O) groups excluding carboxylic acids is 2. The van der Waals surface area contributed by atoms with E-state index in [9.17, 15) is 9.59 Å². The van der Waals surface area contributed by atoms with E-state index >= 15 is 0 Å². The summed E-state index contributed by atoms with van der Waals surface area (Å²) in [6.07, 6.45) is 2.44. The Morgan fingerprint density at radius 1 is 1.06 bits per heavy atom. The molecule has 0 bridgehead atoms. The molecule has 172 valence electrons. The second-order valence-corrected chi connectivity index (χ2v) is 7.60. The lowest BCUT2D eigenvalue weighted by Crippen LogP contribution is -2.27. The molecule has 1 aromatic heterocycles. The van der Waals surface area contributed by atoms with Gasteiger partial charge in [0.25, 0.3) is 0 Å². The van der Waals surface area contributed by atoms with Crippen molar-refractivity contribution in [3.05, 3.63) is 24.3 Å². The number of nitrogens with zero attached hydrogens (tertiary/aromatic N) is 5. The summed E-state index contributed by atoms with van der Waals surface area (Å²) in [4.78, 5) is 40.6. The normalized spacial score (nSPS) is 13.2. The molecule has 0 spiro atoms. The van der Waals surface area contributed by atoms with Gasteiger partial charge in [0.15, 0.2) is 0 Å². The number of rotatable bonds is 11. The van der Waals surface area contributed by atoms with Crippen molar-refractivity contribution in [1.82, 2.24) is 19.9 Å². The maximum absolute atomic E-state index is 11.8. The van der Waals surface area contributed by atoms with E-state index in [0.29, 0.717) is 30.8 Å². The molecule has 0 unspecified atom stereocenters. The molecule has 3 rings (SSSR count). The summed E-state index contributed by atoms with van der Waals surface area (Å²) in [6, 6.07) is 7.34. The molecule has 2 heterocycles. The number of likely N-dealkylation sites (tertiary alicyclic amines) is 1. The number of amides is 2. The molecule has 0 atom stereocenters. The Morgan fingerprint density at radius 3 is 2.38 bits per heavy atom. The Labute approximate surface area is 188 Å². The highest BCUT2D eigenvalue weighted by atomic mass is 16.2. The van der Waals surface area contributed by atoms with Gasteiger partial charge in [0, 0.05) is 57.4 Å². The summed E-state index contributed by atoms with van der Waals surface area (Å²) >= 11 is 0. The average molecular weight is 441 g/mol. The van der Waals surface area contributed by atoms with Crippen molar-refractivity contribution in [2.24, 2.45) is 0 Å². The average Bonchev–Trinajstić information content (AvgIpc) is 3.18. The Kier molecular flexibility index (Phi) is 8.18. The highest BCUT2D eigenvalue weighted by Crippen LogP contribution is 2.20. The minimum atomic E-state index is -0.114. The molecule has 1 aromatic carbocycles. The number of anilines is 5. The largest absolute Gasteiger partial charge is 0.354 e. The number of aromatic nitrogens is 3. The number of hydrogen-bond donors (Lipinski definition) is 3. The molecule has 1 aliphatic rings. The van der Waals surface area contributed by atoms with E-state index in [1.807, 2.05) is 29.2 Å². The van der Waals surface area contributed by atoms with Gasteiger partial charge in [-0.15, -0.1) is 0 Å². The first-order valence-electron chi connectivity index (χ1n) is 11.2. The van der Waals surface area contributed by atoms with Gasteiger partial charge >= 0.3 is 0 Å². The molecule has 3 N–H and O–H groups in total. The minimum Gasteiger partial charge on any atom is -0.354 e. The maximum Gasteiger partial charge on any atom is 0.233 e. The predicted molar refractivity (Wildman–Crippen MR) is 126 cm³/mol. The zero-order chi connectivity index (χ0) is 22.9. The SMILES string of the molecule is CCN(CC)c1nc(NCCCN2CCCC2=O)nc(Nc2ccc(NC(C)=O)cc2)n1. The van der Waals surface area contributed by atoms with Gasteiger partial charge in [-0.25, -0.2) is 0 Å². The number of hydrogen-bond acceptors (Lipinski definition) is 8. The lowest BCUT2D eigenvalue weighted by molar-refractivity contribution is -0.127. The molecule has 1 fully saturated rings. The fraction of sp³-hybridized carbons (Fsp3) is 0.500. The third kappa shape index (κ3) is 6.53. The van der Waals surface area contributed by atoms with Crippen LogP contribution in [0.5, 0.6) is 0 Å². The van der Waals surface area contributed by atoms with Crippen LogP contribution in [0.25, 0.3) is 0 Å². The van der Waals surface area contributed by atoms with Gasteiger partial charge in [-0.05, 0) is 51.0 Å². The molecule has 10 heteroatoms. The first-order chi connectivity index (χ1) is 15.5. The molecule has 0 radical (unpaired) electrons. The van der Waals surface area contributed by atoms with Crippen molar-refractivity contribution >= 4 is 41.0 Å². The van der Waals surface area contributed by atoms with E-state index in [0.717, 1.165) is 50.4 Å². The lowest BCUT2D eigenvalue weighted by atomic mass is 10.3. The topological polar surface area (TPSA) is 115 Å². The van der Waals surface area contributed by atoms with Crippen LogP contribution in [0.3, 0.4) is 0 Å². The third-order valence-corrected chi connectivity index (χ3v) is 5.19.